The van der Waals surface area contributed by atoms with Crippen LogP contribution in [0.4, 0.5) is 0 Å². The van der Waals surface area contributed by atoms with Gasteiger partial charge in [-0.25, -0.2) is 4.98 Å². The maximum Gasteiger partial charge on any atom is 0.257 e. The van der Waals surface area contributed by atoms with E-state index in [-0.39, 0.29) is 17.4 Å². The molecule has 186 valence electrons. The van der Waals surface area contributed by atoms with Crippen LogP contribution in [-0.2, 0) is 5.41 Å². The minimum Gasteiger partial charge on any atom is -0.493 e. The standard InChI is InChI=1S/C27H30N6O3/c1-16-11-22(25-30-19-8-7-17(27(2,3)4)12-20(19)31-25)32(15-16)26(34)18-13-23(35-5)24(36-6)14-21(18)33-28-9-10-29-33/h7-10,12-14,22H,1,11,15H2,2-6H3,(H,30,31). The molecular weight excluding hydrogens is 456 g/mol. The number of nitrogens with one attached hydrogen (secondary N) is 1. The summed E-state index contributed by atoms with van der Waals surface area (Å²) in [6.45, 7) is 11.1. The van der Waals surface area contributed by atoms with Crippen LogP contribution in [0.1, 0.15) is 55.0 Å². The van der Waals surface area contributed by atoms with E-state index < -0.39 is 0 Å². The SMILES string of the molecule is C=C1CC(c2nc3cc(C(C)(C)C)ccc3[nH]2)N(C(=O)c2cc(OC)c(OC)cc2-n2nccn2)C1. The molecule has 0 aliphatic carbocycles. The molecule has 1 N–H and O–H groups in total. The second-order valence-electron chi connectivity index (χ2n) is 10.0. The summed E-state index contributed by atoms with van der Waals surface area (Å²) < 4.78 is 11.0. The van der Waals surface area contributed by atoms with Crippen LogP contribution in [0.2, 0.25) is 0 Å². The highest BCUT2D eigenvalue weighted by atomic mass is 16.5. The van der Waals surface area contributed by atoms with Crippen LogP contribution >= 0.6 is 0 Å². The molecule has 0 bridgehead atoms. The topological polar surface area (TPSA) is 98.2 Å². The largest absolute Gasteiger partial charge is 0.493 e. The first-order chi connectivity index (χ1) is 17.2. The fraction of sp³-hybridized carbons (Fsp3) is 0.333. The number of carbonyl (C=O) groups excluding carboxylic acids is 1. The van der Waals surface area contributed by atoms with Crippen molar-refractivity contribution in [3.05, 3.63) is 71.8 Å². The first kappa shape index (κ1) is 23.6. The smallest absolute Gasteiger partial charge is 0.257 e. The van der Waals surface area contributed by atoms with E-state index in [1.165, 1.54) is 10.4 Å². The molecule has 1 atom stereocenters. The third-order valence-corrected chi connectivity index (χ3v) is 6.56. The van der Waals surface area contributed by atoms with E-state index in [1.54, 1.807) is 43.6 Å². The van der Waals surface area contributed by atoms with Gasteiger partial charge in [0, 0.05) is 12.6 Å². The maximum atomic E-state index is 14.0. The van der Waals surface area contributed by atoms with Crippen molar-refractivity contribution in [2.75, 3.05) is 20.8 Å². The predicted molar refractivity (Wildman–Crippen MR) is 137 cm³/mol. The normalized spacial score (nSPS) is 16.1. The van der Waals surface area contributed by atoms with Crippen molar-refractivity contribution in [3.63, 3.8) is 0 Å². The van der Waals surface area contributed by atoms with E-state index in [0.29, 0.717) is 35.7 Å². The zero-order valence-electron chi connectivity index (χ0n) is 21.2. The lowest BCUT2D eigenvalue weighted by Crippen LogP contribution is -2.32. The van der Waals surface area contributed by atoms with E-state index in [9.17, 15) is 4.79 Å². The van der Waals surface area contributed by atoms with Crippen molar-refractivity contribution in [2.45, 2.75) is 38.6 Å². The molecule has 0 spiro atoms. The quantitative estimate of drug-likeness (QED) is 0.414. The number of H-pyrrole nitrogens is 1. The Morgan fingerprint density at radius 1 is 1.08 bits per heavy atom. The molecule has 1 aliphatic rings. The Labute approximate surface area is 209 Å². The Balaban J connectivity index is 1.57. The number of likely N-dealkylation sites (tertiary alicyclic amines) is 1. The number of methoxy groups -OCH3 is 2. The third-order valence-electron chi connectivity index (χ3n) is 6.56. The minimum atomic E-state index is -0.276. The van der Waals surface area contributed by atoms with Crippen LogP contribution in [0, 0.1) is 0 Å². The summed E-state index contributed by atoms with van der Waals surface area (Å²) >= 11 is 0. The number of imidazole rings is 1. The number of fused-ring (bicyclic) bond motifs is 1. The average Bonchev–Trinajstić information content (AvgIpc) is 3.60. The Bertz CT molecular complexity index is 1450. The van der Waals surface area contributed by atoms with Gasteiger partial charge in [-0.1, -0.05) is 39.0 Å². The second kappa shape index (κ2) is 8.82. The van der Waals surface area contributed by atoms with E-state index in [4.69, 9.17) is 14.5 Å². The van der Waals surface area contributed by atoms with Gasteiger partial charge in [-0.3, -0.25) is 4.79 Å². The van der Waals surface area contributed by atoms with Gasteiger partial charge in [-0.2, -0.15) is 15.0 Å². The zero-order chi connectivity index (χ0) is 25.6. The summed E-state index contributed by atoms with van der Waals surface area (Å²) in [6, 6.07) is 9.39. The number of aromatic nitrogens is 5. The number of hydrogen-bond acceptors (Lipinski definition) is 6. The molecule has 2 aromatic heterocycles. The highest BCUT2D eigenvalue weighted by Gasteiger charge is 2.36. The predicted octanol–water partition coefficient (Wildman–Crippen LogP) is 4.60. The fourth-order valence-corrected chi connectivity index (χ4v) is 4.61. The van der Waals surface area contributed by atoms with Crippen molar-refractivity contribution in [1.82, 2.24) is 29.9 Å². The van der Waals surface area contributed by atoms with Crippen LogP contribution in [-0.4, -0.2) is 56.5 Å². The molecule has 1 unspecified atom stereocenters. The molecule has 9 heteroatoms. The lowest BCUT2D eigenvalue weighted by molar-refractivity contribution is 0.0732. The van der Waals surface area contributed by atoms with Crippen LogP contribution in [0.25, 0.3) is 16.7 Å². The molecule has 1 amide bonds. The summed E-state index contributed by atoms with van der Waals surface area (Å²) in [7, 11) is 3.09. The molecule has 4 aromatic rings. The van der Waals surface area contributed by atoms with Gasteiger partial charge in [0.25, 0.3) is 5.91 Å². The lowest BCUT2D eigenvalue weighted by atomic mass is 9.87. The van der Waals surface area contributed by atoms with Crippen molar-refractivity contribution >= 4 is 16.9 Å². The summed E-state index contributed by atoms with van der Waals surface area (Å²) in [5.74, 6) is 1.48. The molecule has 5 rings (SSSR count). The summed E-state index contributed by atoms with van der Waals surface area (Å²) in [5, 5.41) is 8.48. The Morgan fingerprint density at radius 2 is 1.78 bits per heavy atom. The van der Waals surface area contributed by atoms with E-state index in [0.717, 1.165) is 22.4 Å². The molecular formula is C27H30N6O3. The number of ether oxygens (including phenoxy) is 2. The highest BCUT2D eigenvalue weighted by Crippen LogP contribution is 2.38. The monoisotopic (exact) mass is 486 g/mol. The summed E-state index contributed by atoms with van der Waals surface area (Å²) in [5.41, 5.74) is 4.90. The number of rotatable bonds is 5. The number of aromatic amines is 1. The van der Waals surface area contributed by atoms with Crippen LogP contribution in [0.3, 0.4) is 0 Å². The summed E-state index contributed by atoms with van der Waals surface area (Å²) in [4.78, 5) is 25.6. The molecule has 2 aromatic carbocycles. The van der Waals surface area contributed by atoms with E-state index in [1.807, 2.05) is 0 Å². The van der Waals surface area contributed by atoms with Gasteiger partial charge in [0.1, 0.15) is 11.5 Å². The molecule has 0 saturated carbocycles. The molecule has 36 heavy (non-hydrogen) atoms. The molecule has 0 radical (unpaired) electrons. The van der Waals surface area contributed by atoms with Crippen molar-refractivity contribution in [1.29, 1.82) is 0 Å². The van der Waals surface area contributed by atoms with Crippen LogP contribution in [0.5, 0.6) is 11.5 Å². The van der Waals surface area contributed by atoms with Crippen LogP contribution < -0.4 is 9.47 Å². The van der Waals surface area contributed by atoms with Crippen molar-refractivity contribution in [3.8, 4) is 17.2 Å². The van der Waals surface area contributed by atoms with Gasteiger partial charge in [-0.15, -0.1) is 0 Å². The molecule has 9 nitrogen and oxygen atoms in total. The molecule has 1 fully saturated rings. The van der Waals surface area contributed by atoms with Gasteiger partial charge in [0.05, 0.1) is 49.3 Å². The maximum absolute atomic E-state index is 14.0. The Hall–Kier alpha value is -4.14. The van der Waals surface area contributed by atoms with E-state index >= 15 is 0 Å². The van der Waals surface area contributed by atoms with Gasteiger partial charge in [0.2, 0.25) is 0 Å². The number of carbonyl (C=O) groups is 1. The number of benzene rings is 2. The second-order valence-corrected chi connectivity index (χ2v) is 10.0. The fourth-order valence-electron chi connectivity index (χ4n) is 4.61. The van der Waals surface area contributed by atoms with Crippen molar-refractivity contribution < 1.29 is 14.3 Å². The first-order valence-electron chi connectivity index (χ1n) is 11.8. The van der Waals surface area contributed by atoms with Gasteiger partial charge < -0.3 is 19.4 Å². The molecule has 3 heterocycles. The van der Waals surface area contributed by atoms with Gasteiger partial charge >= 0.3 is 0 Å². The minimum absolute atomic E-state index is 0.0152. The summed E-state index contributed by atoms with van der Waals surface area (Å²) in [6.07, 6.45) is 3.75. The molecule has 1 saturated heterocycles. The van der Waals surface area contributed by atoms with Gasteiger partial charge in [0.15, 0.2) is 11.5 Å². The third kappa shape index (κ3) is 4.10. The molecule has 1 aliphatic heterocycles. The van der Waals surface area contributed by atoms with Gasteiger partial charge in [-0.05, 0) is 35.6 Å². The lowest BCUT2D eigenvalue weighted by Gasteiger charge is -2.24. The Morgan fingerprint density at radius 3 is 2.44 bits per heavy atom. The van der Waals surface area contributed by atoms with Crippen LogP contribution in [0.15, 0.2) is 54.9 Å². The number of amides is 1. The highest BCUT2D eigenvalue weighted by molar-refractivity contribution is 5.99. The Kier molecular flexibility index (Phi) is 5.78. The average molecular weight is 487 g/mol. The number of nitrogens with zero attached hydrogens (tertiary/aromatic N) is 5. The first-order valence-corrected chi connectivity index (χ1v) is 11.8. The zero-order valence-corrected chi connectivity index (χ0v) is 21.2. The van der Waals surface area contributed by atoms with Crippen molar-refractivity contribution in [2.24, 2.45) is 0 Å². The van der Waals surface area contributed by atoms with E-state index in [2.05, 4.69) is 60.7 Å². The number of hydrogen-bond donors (Lipinski definition) is 1.